The fraction of sp³-hybridized carbons (Fsp3) is 0.263. The van der Waals surface area contributed by atoms with Gasteiger partial charge in [-0.25, -0.2) is 4.79 Å². The predicted molar refractivity (Wildman–Crippen MR) is 102 cm³/mol. The Morgan fingerprint density at radius 2 is 1.67 bits per heavy atom. The molecule has 8 nitrogen and oxygen atoms in total. The summed E-state index contributed by atoms with van der Waals surface area (Å²) in [6.45, 7) is 3.87. The Morgan fingerprint density at radius 1 is 1.04 bits per heavy atom. The molecular weight excluding hydrogens is 348 g/mol. The molecule has 0 spiro atoms. The number of carbonyl (C=O) groups excluding carboxylic acids is 2. The van der Waals surface area contributed by atoms with E-state index < -0.39 is 17.0 Å². The van der Waals surface area contributed by atoms with Gasteiger partial charge in [0.25, 0.3) is 5.69 Å². The van der Waals surface area contributed by atoms with Crippen LogP contribution in [0.2, 0.25) is 0 Å². The zero-order valence-electron chi connectivity index (χ0n) is 15.1. The van der Waals surface area contributed by atoms with E-state index in [0.29, 0.717) is 5.69 Å². The summed E-state index contributed by atoms with van der Waals surface area (Å²) in [5.74, 6) is -0.449. The molecule has 142 valence electrons. The summed E-state index contributed by atoms with van der Waals surface area (Å²) in [5.41, 5.74) is 1.35. The van der Waals surface area contributed by atoms with Crippen LogP contribution in [0.4, 0.5) is 16.2 Å². The van der Waals surface area contributed by atoms with Crippen molar-refractivity contribution in [2.75, 3.05) is 5.32 Å². The number of urea groups is 1. The van der Waals surface area contributed by atoms with Crippen LogP contribution in [0.5, 0.6) is 0 Å². The monoisotopic (exact) mass is 370 g/mol. The third-order valence-corrected chi connectivity index (χ3v) is 3.88. The second-order valence-electron chi connectivity index (χ2n) is 6.33. The van der Waals surface area contributed by atoms with E-state index in [-0.39, 0.29) is 24.1 Å². The number of nitro benzene ring substituents is 1. The van der Waals surface area contributed by atoms with Gasteiger partial charge in [-0.3, -0.25) is 14.9 Å². The number of nitro groups is 1. The average molecular weight is 370 g/mol. The summed E-state index contributed by atoms with van der Waals surface area (Å²) < 4.78 is 0. The van der Waals surface area contributed by atoms with Crippen LogP contribution in [-0.2, 0) is 11.3 Å². The van der Waals surface area contributed by atoms with Crippen LogP contribution in [0, 0.1) is 16.0 Å². The van der Waals surface area contributed by atoms with Crippen molar-refractivity contribution in [3.8, 4) is 0 Å². The van der Waals surface area contributed by atoms with Gasteiger partial charge in [0.1, 0.15) is 6.04 Å². The van der Waals surface area contributed by atoms with Crippen LogP contribution in [-0.4, -0.2) is 22.9 Å². The van der Waals surface area contributed by atoms with Crippen molar-refractivity contribution in [1.82, 2.24) is 10.6 Å². The van der Waals surface area contributed by atoms with Crippen LogP contribution in [0.15, 0.2) is 54.6 Å². The van der Waals surface area contributed by atoms with Crippen LogP contribution in [0.3, 0.4) is 0 Å². The Balaban J connectivity index is 1.92. The third kappa shape index (κ3) is 6.10. The van der Waals surface area contributed by atoms with E-state index >= 15 is 0 Å². The van der Waals surface area contributed by atoms with E-state index in [0.717, 1.165) is 5.56 Å². The maximum Gasteiger partial charge on any atom is 0.319 e. The Labute approximate surface area is 157 Å². The molecule has 2 aromatic rings. The van der Waals surface area contributed by atoms with Gasteiger partial charge in [0.05, 0.1) is 4.92 Å². The van der Waals surface area contributed by atoms with E-state index in [4.69, 9.17) is 0 Å². The molecule has 3 N–H and O–H groups in total. The van der Waals surface area contributed by atoms with Crippen molar-refractivity contribution >= 4 is 23.3 Å². The van der Waals surface area contributed by atoms with Gasteiger partial charge in [-0.05, 0) is 23.6 Å². The van der Waals surface area contributed by atoms with Crippen LogP contribution < -0.4 is 16.0 Å². The van der Waals surface area contributed by atoms with E-state index in [1.54, 1.807) is 36.4 Å². The number of rotatable bonds is 7. The minimum atomic E-state index is -0.716. The predicted octanol–water partition coefficient (Wildman–Crippen LogP) is 3.06. The largest absolute Gasteiger partial charge is 0.350 e. The van der Waals surface area contributed by atoms with Gasteiger partial charge in [0.15, 0.2) is 0 Å². The minimum Gasteiger partial charge on any atom is -0.350 e. The average Bonchev–Trinajstić information content (AvgIpc) is 2.65. The Bertz CT molecular complexity index is 791. The lowest BCUT2D eigenvalue weighted by Crippen LogP contribution is -2.50. The van der Waals surface area contributed by atoms with E-state index in [9.17, 15) is 19.7 Å². The molecule has 1 unspecified atom stereocenters. The van der Waals surface area contributed by atoms with Gasteiger partial charge in [-0.15, -0.1) is 0 Å². The molecule has 0 heterocycles. The fourth-order valence-electron chi connectivity index (χ4n) is 2.40. The Morgan fingerprint density at radius 3 is 2.22 bits per heavy atom. The van der Waals surface area contributed by atoms with Crippen molar-refractivity contribution in [3.63, 3.8) is 0 Å². The summed E-state index contributed by atoms with van der Waals surface area (Å²) in [6, 6.07) is 13.7. The molecule has 3 amide bonds. The molecule has 0 aliphatic rings. The maximum absolute atomic E-state index is 12.5. The van der Waals surface area contributed by atoms with Crippen molar-refractivity contribution in [2.45, 2.75) is 26.4 Å². The topological polar surface area (TPSA) is 113 Å². The molecule has 0 fully saturated rings. The second kappa shape index (κ2) is 9.33. The molecular formula is C19H22N4O4. The highest BCUT2D eigenvalue weighted by atomic mass is 16.6. The number of non-ortho nitro benzene ring substituents is 1. The molecule has 2 aromatic carbocycles. The standard InChI is InChI=1S/C19H22N4O4/c1-13(2)17(22-19(25)21-15-6-4-3-5-7-15)18(24)20-12-14-8-10-16(11-9-14)23(26)27/h3-11,13,17H,12H2,1-2H3,(H,20,24)(H2,21,22,25). The first-order valence-corrected chi connectivity index (χ1v) is 8.50. The quantitative estimate of drug-likeness (QED) is 0.513. The molecule has 1 atom stereocenters. The van der Waals surface area contributed by atoms with Gasteiger partial charge < -0.3 is 16.0 Å². The molecule has 0 saturated carbocycles. The van der Waals surface area contributed by atoms with Crippen molar-refractivity contribution in [3.05, 3.63) is 70.3 Å². The number of amides is 3. The fourth-order valence-corrected chi connectivity index (χ4v) is 2.40. The van der Waals surface area contributed by atoms with Crippen molar-refractivity contribution in [1.29, 1.82) is 0 Å². The van der Waals surface area contributed by atoms with E-state index in [2.05, 4.69) is 16.0 Å². The lowest BCUT2D eigenvalue weighted by molar-refractivity contribution is -0.384. The molecule has 0 bridgehead atoms. The summed E-state index contributed by atoms with van der Waals surface area (Å²) in [4.78, 5) is 34.8. The van der Waals surface area contributed by atoms with E-state index in [1.807, 2.05) is 19.9 Å². The van der Waals surface area contributed by atoms with Crippen molar-refractivity contribution in [2.24, 2.45) is 5.92 Å². The number of nitrogens with zero attached hydrogens (tertiary/aromatic N) is 1. The lowest BCUT2D eigenvalue weighted by atomic mass is 10.0. The number of nitrogens with one attached hydrogen (secondary N) is 3. The smallest absolute Gasteiger partial charge is 0.319 e. The summed E-state index contributed by atoms with van der Waals surface area (Å²) in [6.07, 6.45) is 0. The minimum absolute atomic E-state index is 0.00983. The van der Waals surface area contributed by atoms with Gasteiger partial charge in [0, 0.05) is 24.4 Å². The van der Waals surface area contributed by atoms with Crippen molar-refractivity contribution < 1.29 is 14.5 Å². The molecule has 8 heteroatoms. The molecule has 2 rings (SSSR count). The van der Waals surface area contributed by atoms with Gasteiger partial charge >= 0.3 is 6.03 Å². The summed E-state index contributed by atoms with van der Waals surface area (Å²) in [7, 11) is 0. The highest BCUT2D eigenvalue weighted by molar-refractivity contribution is 5.93. The molecule has 0 radical (unpaired) electrons. The first-order chi connectivity index (χ1) is 12.9. The molecule has 0 aliphatic heterocycles. The zero-order chi connectivity index (χ0) is 19.8. The number of anilines is 1. The summed E-state index contributed by atoms with van der Waals surface area (Å²) >= 11 is 0. The van der Waals surface area contributed by atoms with E-state index in [1.165, 1.54) is 12.1 Å². The maximum atomic E-state index is 12.5. The Hall–Kier alpha value is -3.42. The SMILES string of the molecule is CC(C)C(NC(=O)Nc1ccccc1)C(=O)NCc1ccc([N+](=O)[O-])cc1. The molecule has 0 saturated heterocycles. The Kier molecular flexibility index (Phi) is 6.87. The zero-order valence-corrected chi connectivity index (χ0v) is 15.1. The van der Waals surface area contributed by atoms with Gasteiger partial charge in [-0.2, -0.15) is 0 Å². The van der Waals surface area contributed by atoms with Crippen LogP contribution in [0.1, 0.15) is 19.4 Å². The van der Waals surface area contributed by atoms with Gasteiger partial charge in [-0.1, -0.05) is 44.2 Å². The first-order valence-electron chi connectivity index (χ1n) is 8.50. The third-order valence-electron chi connectivity index (χ3n) is 3.88. The number of carbonyl (C=O) groups is 2. The normalized spacial score (nSPS) is 11.5. The number of para-hydroxylation sites is 1. The highest BCUT2D eigenvalue weighted by Gasteiger charge is 2.24. The lowest BCUT2D eigenvalue weighted by Gasteiger charge is -2.22. The summed E-state index contributed by atoms with van der Waals surface area (Å²) in [5, 5.41) is 18.8. The first kappa shape index (κ1) is 19.9. The number of hydrogen-bond acceptors (Lipinski definition) is 4. The number of hydrogen-bond donors (Lipinski definition) is 3. The van der Waals surface area contributed by atoms with Gasteiger partial charge in [0.2, 0.25) is 5.91 Å². The van der Waals surface area contributed by atoms with Crippen LogP contribution in [0.25, 0.3) is 0 Å². The molecule has 27 heavy (non-hydrogen) atoms. The highest BCUT2D eigenvalue weighted by Crippen LogP contribution is 2.12. The number of benzene rings is 2. The second-order valence-corrected chi connectivity index (χ2v) is 6.33. The molecule has 0 aliphatic carbocycles. The van der Waals surface area contributed by atoms with Crippen LogP contribution >= 0.6 is 0 Å². The molecule has 0 aromatic heterocycles.